The van der Waals surface area contributed by atoms with Gasteiger partial charge in [-0.15, -0.1) is 0 Å². The average Bonchev–Trinajstić information content (AvgIpc) is 2.99. The Labute approximate surface area is 107 Å². The number of nitrogens with one attached hydrogen (secondary N) is 1. The van der Waals surface area contributed by atoms with Crippen LogP contribution in [0.15, 0.2) is 12.2 Å². The van der Waals surface area contributed by atoms with Gasteiger partial charge in [0.25, 0.3) is 0 Å². The standard InChI is InChI=1S/C14H20N2O2/c1-8(6-15-2)7-16-13(17)11-9-3-4-10(5-9)12(11)14(16)18/h3-4,8-12,15H,5-7H2,1-2H3. The lowest BCUT2D eigenvalue weighted by Gasteiger charge is -2.21. The highest BCUT2D eigenvalue weighted by molar-refractivity contribution is 6.06. The molecule has 0 aromatic carbocycles. The molecule has 0 radical (unpaired) electrons. The number of hydrogen-bond donors (Lipinski definition) is 1. The maximum absolute atomic E-state index is 12.4. The maximum Gasteiger partial charge on any atom is 0.233 e. The lowest BCUT2D eigenvalue weighted by atomic mass is 9.85. The molecular weight excluding hydrogens is 228 g/mol. The van der Waals surface area contributed by atoms with E-state index in [0.717, 1.165) is 13.0 Å². The Balaban J connectivity index is 1.76. The van der Waals surface area contributed by atoms with Gasteiger partial charge < -0.3 is 5.32 Å². The van der Waals surface area contributed by atoms with Crippen LogP contribution in [-0.2, 0) is 9.59 Å². The summed E-state index contributed by atoms with van der Waals surface area (Å²) in [5.41, 5.74) is 0. The van der Waals surface area contributed by atoms with Crippen LogP contribution in [0.25, 0.3) is 0 Å². The summed E-state index contributed by atoms with van der Waals surface area (Å²) in [6, 6.07) is 0. The Morgan fingerprint density at radius 1 is 1.28 bits per heavy atom. The van der Waals surface area contributed by atoms with Crippen LogP contribution >= 0.6 is 0 Å². The minimum absolute atomic E-state index is 0.0470. The van der Waals surface area contributed by atoms with Crippen LogP contribution in [0, 0.1) is 29.6 Å². The molecule has 1 N–H and O–H groups in total. The number of likely N-dealkylation sites (tertiary alicyclic amines) is 1. The van der Waals surface area contributed by atoms with E-state index in [1.165, 1.54) is 4.90 Å². The monoisotopic (exact) mass is 248 g/mol. The zero-order valence-electron chi connectivity index (χ0n) is 10.9. The molecule has 3 aliphatic rings. The molecule has 4 nitrogen and oxygen atoms in total. The van der Waals surface area contributed by atoms with E-state index in [-0.39, 0.29) is 23.7 Å². The number of nitrogens with zero attached hydrogens (tertiary/aromatic N) is 1. The van der Waals surface area contributed by atoms with Crippen molar-refractivity contribution in [3.05, 3.63) is 12.2 Å². The largest absolute Gasteiger partial charge is 0.319 e. The third-order valence-corrected chi connectivity index (χ3v) is 4.61. The van der Waals surface area contributed by atoms with Gasteiger partial charge in [0.15, 0.2) is 0 Å². The van der Waals surface area contributed by atoms with Crippen molar-refractivity contribution in [2.75, 3.05) is 20.1 Å². The number of imide groups is 1. The molecule has 18 heavy (non-hydrogen) atoms. The van der Waals surface area contributed by atoms with Gasteiger partial charge in [-0.2, -0.15) is 0 Å². The van der Waals surface area contributed by atoms with E-state index in [2.05, 4.69) is 24.4 Å². The van der Waals surface area contributed by atoms with Crippen LogP contribution in [0.4, 0.5) is 0 Å². The predicted octanol–water partition coefficient (Wildman–Crippen LogP) is 0.649. The van der Waals surface area contributed by atoms with Gasteiger partial charge in [0, 0.05) is 6.54 Å². The number of allylic oxidation sites excluding steroid dienone is 2. The van der Waals surface area contributed by atoms with Gasteiger partial charge in [-0.1, -0.05) is 19.1 Å². The highest BCUT2D eigenvalue weighted by Gasteiger charge is 2.59. The topological polar surface area (TPSA) is 49.4 Å². The molecule has 0 spiro atoms. The lowest BCUT2D eigenvalue weighted by molar-refractivity contribution is -0.141. The Hall–Kier alpha value is -1.16. The molecule has 1 saturated carbocycles. The average molecular weight is 248 g/mol. The second-order valence-corrected chi connectivity index (χ2v) is 5.95. The first-order valence-electron chi connectivity index (χ1n) is 6.81. The summed E-state index contributed by atoms with van der Waals surface area (Å²) in [5, 5.41) is 3.09. The van der Waals surface area contributed by atoms with Crippen LogP contribution in [0.5, 0.6) is 0 Å². The quantitative estimate of drug-likeness (QED) is 0.587. The van der Waals surface area contributed by atoms with Crippen LogP contribution in [0.3, 0.4) is 0 Å². The van der Waals surface area contributed by atoms with E-state index in [1.54, 1.807) is 0 Å². The van der Waals surface area contributed by atoms with Crippen LogP contribution < -0.4 is 5.32 Å². The van der Waals surface area contributed by atoms with E-state index in [4.69, 9.17) is 0 Å². The molecule has 1 heterocycles. The molecule has 0 aromatic heterocycles. The number of hydrogen-bond acceptors (Lipinski definition) is 3. The highest BCUT2D eigenvalue weighted by atomic mass is 16.2. The van der Waals surface area contributed by atoms with Gasteiger partial charge >= 0.3 is 0 Å². The summed E-state index contributed by atoms with van der Waals surface area (Å²) in [7, 11) is 1.89. The van der Waals surface area contributed by atoms with Gasteiger partial charge in [0.05, 0.1) is 11.8 Å². The Bertz CT molecular complexity index is 388. The first-order valence-corrected chi connectivity index (χ1v) is 6.81. The summed E-state index contributed by atoms with van der Waals surface area (Å²) in [4.78, 5) is 26.3. The Kier molecular flexibility index (Phi) is 2.77. The van der Waals surface area contributed by atoms with Crippen LogP contribution in [-0.4, -0.2) is 36.9 Å². The molecular formula is C14H20N2O2. The van der Waals surface area contributed by atoms with Crippen molar-refractivity contribution in [1.29, 1.82) is 0 Å². The van der Waals surface area contributed by atoms with Crippen molar-refractivity contribution in [2.45, 2.75) is 13.3 Å². The van der Waals surface area contributed by atoms with E-state index < -0.39 is 0 Å². The van der Waals surface area contributed by atoms with E-state index in [1.807, 2.05) is 7.05 Å². The molecule has 5 atom stereocenters. The second-order valence-electron chi connectivity index (χ2n) is 5.95. The number of fused-ring (bicyclic) bond motifs is 5. The zero-order valence-corrected chi connectivity index (χ0v) is 10.9. The zero-order chi connectivity index (χ0) is 12.9. The minimum atomic E-state index is -0.0470. The van der Waals surface area contributed by atoms with Crippen molar-refractivity contribution in [1.82, 2.24) is 10.2 Å². The summed E-state index contributed by atoms with van der Waals surface area (Å²) < 4.78 is 0. The molecule has 4 heteroatoms. The van der Waals surface area contributed by atoms with E-state index >= 15 is 0 Å². The van der Waals surface area contributed by atoms with Gasteiger partial charge in [0.1, 0.15) is 0 Å². The van der Waals surface area contributed by atoms with Gasteiger partial charge in [-0.3, -0.25) is 14.5 Å². The van der Waals surface area contributed by atoms with Crippen molar-refractivity contribution in [2.24, 2.45) is 29.6 Å². The summed E-state index contributed by atoms with van der Waals surface area (Å²) >= 11 is 0. The summed E-state index contributed by atoms with van der Waals surface area (Å²) in [5.74, 6) is 1.01. The van der Waals surface area contributed by atoms with E-state index in [9.17, 15) is 9.59 Å². The van der Waals surface area contributed by atoms with Crippen molar-refractivity contribution >= 4 is 11.8 Å². The first-order chi connectivity index (χ1) is 8.63. The molecule has 2 fully saturated rings. The van der Waals surface area contributed by atoms with Crippen molar-refractivity contribution in [3.8, 4) is 0 Å². The van der Waals surface area contributed by atoms with Gasteiger partial charge in [-0.25, -0.2) is 0 Å². The molecule has 98 valence electrons. The molecule has 5 unspecified atom stereocenters. The van der Waals surface area contributed by atoms with Crippen LogP contribution in [0.2, 0.25) is 0 Å². The van der Waals surface area contributed by atoms with Gasteiger partial charge in [-0.05, 0) is 37.8 Å². The Morgan fingerprint density at radius 3 is 2.33 bits per heavy atom. The van der Waals surface area contributed by atoms with Crippen LogP contribution in [0.1, 0.15) is 13.3 Å². The van der Waals surface area contributed by atoms with Gasteiger partial charge in [0.2, 0.25) is 11.8 Å². The smallest absolute Gasteiger partial charge is 0.233 e. The number of carbonyl (C=O) groups is 2. The van der Waals surface area contributed by atoms with E-state index in [0.29, 0.717) is 24.3 Å². The lowest BCUT2D eigenvalue weighted by Crippen LogP contribution is -2.38. The third kappa shape index (κ3) is 1.55. The second kappa shape index (κ2) is 4.19. The Morgan fingerprint density at radius 2 is 1.83 bits per heavy atom. The highest BCUT2D eigenvalue weighted by Crippen LogP contribution is 2.52. The first kappa shape index (κ1) is 11.9. The molecule has 2 aliphatic carbocycles. The SMILES string of the molecule is CNCC(C)CN1C(=O)C2C3C=CC(C3)C2C1=O. The fourth-order valence-electron chi connectivity index (χ4n) is 3.87. The molecule has 0 aromatic rings. The maximum atomic E-state index is 12.4. The number of amides is 2. The fraction of sp³-hybridized carbons (Fsp3) is 0.714. The molecule has 2 amide bonds. The number of rotatable bonds is 4. The minimum Gasteiger partial charge on any atom is -0.319 e. The molecule has 1 aliphatic heterocycles. The molecule has 3 rings (SSSR count). The molecule has 2 bridgehead atoms. The fourth-order valence-corrected chi connectivity index (χ4v) is 3.87. The molecule has 1 saturated heterocycles. The predicted molar refractivity (Wildman–Crippen MR) is 67.5 cm³/mol. The summed E-state index contributed by atoms with van der Waals surface area (Å²) in [6.45, 7) is 3.46. The van der Waals surface area contributed by atoms with Crippen molar-refractivity contribution < 1.29 is 9.59 Å². The summed E-state index contributed by atoms with van der Waals surface area (Å²) in [6.07, 6.45) is 5.28. The normalized spacial score (nSPS) is 38.7. The van der Waals surface area contributed by atoms with Crippen molar-refractivity contribution in [3.63, 3.8) is 0 Å². The third-order valence-electron chi connectivity index (χ3n) is 4.61. The number of carbonyl (C=O) groups excluding carboxylic acids is 2.